The van der Waals surface area contributed by atoms with E-state index in [-0.39, 0.29) is 6.03 Å². The summed E-state index contributed by atoms with van der Waals surface area (Å²) in [7, 11) is 0. The number of nitrogens with zero attached hydrogens (tertiary/aromatic N) is 2. The number of benzene rings is 1. The normalized spacial score (nSPS) is 23.9. The van der Waals surface area contributed by atoms with Gasteiger partial charge in [-0.15, -0.1) is 0 Å². The summed E-state index contributed by atoms with van der Waals surface area (Å²) in [6.07, 6.45) is 0.959. The first-order valence-electron chi connectivity index (χ1n) is 8.44. The highest BCUT2D eigenvalue weighted by Crippen LogP contribution is 2.40. The maximum atomic E-state index is 12.7. The molecule has 4 rings (SSSR count). The lowest BCUT2D eigenvalue weighted by Crippen LogP contribution is -2.48. The van der Waals surface area contributed by atoms with Gasteiger partial charge in [-0.25, -0.2) is 4.79 Å². The number of carbonyl (C=O) groups is 1. The van der Waals surface area contributed by atoms with Crippen LogP contribution in [-0.2, 0) is 4.74 Å². The molecule has 24 heavy (non-hydrogen) atoms. The third kappa shape index (κ3) is 3.28. The molecule has 0 bridgehead atoms. The summed E-state index contributed by atoms with van der Waals surface area (Å²) >= 11 is 1.92. The second kappa shape index (κ2) is 7.11. The van der Waals surface area contributed by atoms with Crippen LogP contribution in [0.2, 0.25) is 0 Å². The van der Waals surface area contributed by atoms with Gasteiger partial charge in [-0.1, -0.05) is 6.07 Å². The second-order valence-corrected chi connectivity index (χ2v) is 7.44. The Bertz CT molecular complexity index is 606. The molecule has 6 nitrogen and oxygen atoms in total. The van der Waals surface area contributed by atoms with E-state index in [2.05, 4.69) is 12.1 Å². The summed E-state index contributed by atoms with van der Waals surface area (Å²) in [5.41, 5.74) is 1.25. The fourth-order valence-electron chi connectivity index (χ4n) is 3.30. The van der Waals surface area contributed by atoms with Gasteiger partial charge >= 0.3 is 6.03 Å². The first kappa shape index (κ1) is 15.9. The molecule has 1 unspecified atom stereocenters. The van der Waals surface area contributed by atoms with E-state index in [0.717, 1.165) is 36.8 Å². The van der Waals surface area contributed by atoms with Gasteiger partial charge in [-0.2, -0.15) is 11.8 Å². The smallest absolute Gasteiger partial charge is 0.320 e. The summed E-state index contributed by atoms with van der Waals surface area (Å²) < 4.78 is 16.2. The fourth-order valence-corrected chi connectivity index (χ4v) is 4.52. The highest BCUT2D eigenvalue weighted by molar-refractivity contribution is 7.99. The summed E-state index contributed by atoms with van der Waals surface area (Å²) in [6, 6.07) is 6.34. The molecule has 1 aromatic rings. The van der Waals surface area contributed by atoms with Crippen molar-refractivity contribution in [3.05, 3.63) is 23.8 Å². The molecule has 1 atom stereocenters. The predicted molar refractivity (Wildman–Crippen MR) is 91.7 cm³/mol. The van der Waals surface area contributed by atoms with Crippen LogP contribution in [0.25, 0.3) is 0 Å². The third-order valence-corrected chi connectivity index (χ3v) is 5.99. The Balaban J connectivity index is 1.40. The van der Waals surface area contributed by atoms with Gasteiger partial charge in [0.25, 0.3) is 0 Å². The molecule has 3 aliphatic heterocycles. The van der Waals surface area contributed by atoms with Crippen molar-refractivity contribution < 1.29 is 19.0 Å². The summed E-state index contributed by atoms with van der Waals surface area (Å²) in [5.74, 6) is 2.61. The average Bonchev–Trinajstić information content (AvgIpc) is 2.96. The van der Waals surface area contributed by atoms with Gasteiger partial charge in [0.2, 0.25) is 6.79 Å². The van der Waals surface area contributed by atoms with Gasteiger partial charge in [0, 0.05) is 37.2 Å². The number of ether oxygens (including phenoxy) is 3. The van der Waals surface area contributed by atoms with Crippen molar-refractivity contribution in [2.24, 2.45) is 0 Å². The molecule has 0 radical (unpaired) electrons. The van der Waals surface area contributed by atoms with Gasteiger partial charge < -0.3 is 24.0 Å². The topological polar surface area (TPSA) is 51.2 Å². The molecule has 0 aromatic heterocycles. The fraction of sp³-hybridized carbons (Fsp3) is 0.588. The Morgan fingerprint density at radius 3 is 2.71 bits per heavy atom. The number of carbonyl (C=O) groups excluding carboxylic acids is 1. The van der Waals surface area contributed by atoms with E-state index in [0.29, 0.717) is 38.3 Å². The standard InChI is InChI=1S/C17H22N2O4S/c20-17(19-5-8-21-9-6-19)18-4-3-16(24-10-7-18)13-1-2-14-15(11-13)23-12-22-14/h1-2,11,16H,3-10,12H2. The zero-order valence-corrected chi connectivity index (χ0v) is 14.4. The quantitative estimate of drug-likeness (QED) is 0.778. The molecule has 2 saturated heterocycles. The lowest BCUT2D eigenvalue weighted by atomic mass is 10.1. The molecule has 2 fully saturated rings. The van der Waals surface area contributed by atoms with Crippen molar-refractivity contribution in [2.75, 3.05) is 51.9 Å². The van der Waals surface area contributed by atoms with E-state index >= 15 is 0 Å². The number of morpholine rings is 1. The van der Waals surface area contributed by atoms with Crippen LogP contribution in [0.5, 0.6) is 11.5 Å². The highest BCUT2D eigenvalue weighted by Gasteiger charge is 2.27. The zero-order valence-electron chi connectivity index (χ0n) is 13.6. The molecule has 0 spiro atoms. The van der Waals surface area contributed by atoms with Gasteiger partial charge in [-0.05, 0) is 24.1 Å². The second-order valence-electron chi connectivity index (χ2n) is 6.13. The molecule has 0 saturated carbocycles. The number of hydrogen-bond donors (Lipinski definition) is 0. The first-order chi connectivity index (χ1) is 11.8. The molecule has 130 valence electrons. The number of amides is 2. The monoisotopic (exact) mass is 350 g/mol. The van der Waals surface area contributed by atoms with Gasteiger partial charge in [0.1, 0.15) is 0 Å². The Kier molecular flexibility index (Phi) is 4.71. The van der Waals surface area contributed by atoms with Crippen molar-refractivity contribution in [1.82, 2.24) is 9.80 Å². The van der Waals surface area contributed by atoms with Gasteiger partial charge in [-0.3, -0.25) is 0 Å². The van der Waals surface area contributed by atoms with Crippen molar-refractivity contribution in [3.63, 3.8) is 0 Å². The first-order valence-corrected chi connectivity index (χ1v) is 9.49. The molecule has 7 heteroatoms. The van der Waals surface area contributed by atoms with Crippen LogP contribution in [0.15, 0.2) is 18.2 Å². The van der Waals surface area contributed by atoms with Gasteiger partial charge in [0.05, 0.1) is 13.2 Å². The third-order valence-electron chi connectivity index (χ3n) is 4.66. The van der Waals surface area contributed by atoms with Crippen LogP contribution in [-0.4, -0.2) is 67.8 Å². The molecular weight excluding hydrogens is 328 g/mol. The SMILES string of the molecule is O=C(N1CCOCC1)N1CCSC(c2ccc3c(c2)OCO3)CC1. The van der Waals surface area contributed by atoms with Crippen molar-refractivity contribution in [3.8, 4) is 11.5 Å². The average molecular weight is 350 g/mol. The number of thioether (sulfide) groups is 1. The van der Waals surface area contributed by atoms with Crippen LogP contribution in [0, 0.1) is 0 Å². The van der Waals surface area contributed by atoms with Gasteiger partial charge in [0.15, 0.2) is 11.5 Å². The van der Waals surface area contributed by atoms with Crippen molar-refractivity contribution in [1.29, 1.82) is 0 Å². The predicted octanol–water partition coefficient (Wildman–Crippen LogP) is 2.35. The van der Waals surface area contributed by atoms with Crippen LogP contribution in [0.1, 0.15) is 17.2 Å². The summed E-state index contributed by atoms with van der Waals surface area (Å²) in [6.45, 7) is 4.60. The van der Waals surface area contributed by atoms with Crippen molar-refractivity contribution >= 4 is 17.8 Å². The van der Waals surface area contributed by atoms with Crippen LogP contribution < -0.4 is 9.47 Å². The number of hydrogen-bond acceptors (Lipinski definition) is 5. The Morgan fingerprint density at radius 1 is 1.04 bits per heavy atom. The van der Waals surface area contributed by atoms with E-state index in [1.54, 1.807) is 0 Å². The van der Waals surface area contributed by atoms with E-state index in [4.69, 9.17) is 14.2 Å². The molecular formula is C17H22N2O4S. The zero-order chi connectivity index (χ0) is 16.4. The molecule has 1 aromatic carbocycles. The van der Waals surface area contributed by atoms with E-state index in [1.165, 1.54) is 5.56 Å². The maximum Gasteiger partial charge on any atom is 0.320 e. The highest BCUT2D eigenvalue weighted by atomic mass is 32.2. The van der Waals surface area contributed by atoms with Crippen LogP contribution >= 0.6 is 11.8 Å². The van der Waals surface area contributed by atoms with Crippen molar-refractivity contribution in [2.45, 2.75) is 11.7 Å². The van der Waals surface area contributed by atoms with E-state index < -0.39 is 0 Å². The minimum atomic E-state index is 0.158. The Hall–Kier alpha value is -1.60. The summed E-state index contributed by atoms with van der Waals surface area (Å²) in [5, 5.41) is 0.391. The molecule has 3 heterocycles. The summed E-state index contributed by atoms with van der Waals surface area (Å²) in [4.78, 5) is 16.6. The Morgan fingerprint density at radius 2 is 1.83 bits per heavy atom. The molecule has 0 aliphatic carbocycles. The van der Waals surface area contributed by atoms with Crippen LogP contribution in [0.4, 0.5) is 4.79 Å². The molecule has 0 N–H and O–H groups in total. The largest absolute Gasteiger partial charge is 0.454 e. The lowest BCUT2D eigenvalue weighted by molar-refractivity contribution is 0.0438. The molecule has 3 aliphatic rings. The molecule has 2 amide bonds. The maximum absolute atomic E-state index is 12.7. The number of fused-ring (bicyclic) bond motifs is 1. The van der Waals surface area contributed by atoms with E-state index in [1.807, 2.05) is 27.6 Å². The lowest BCUT2D eigenvalue weighted by Gasteiger charge is -2.32. The Labute approximate surface area is 146 Å². The van der Waals surface area contributed by atoms with Crippen LogP contribution in [0.3, 0.4) is 0 Å². The number of urea groups is 1. The minimum absolute atomic E-state index is 0.158. The minimum Gasteiger partial charge on any atom is -0.454 e. The number of rotatable bonds is 1. The van der Waals surface area contributed by atoms with E-state index in [9.17, 15) is 4.79 Å².